The van der Waals surface area contributed by atoms with Crippen molar-refractivity contribution < 1.29 is 45.9 Å². The molecule has 0 fully saturated rings. The topological polar surface area (TPSA) is 73.7 Å². The van der Waals surface area contributed by atoms with Crippen LogP contribution in [0.3, 0.4) is 0 Å². The smallest absolute Gasteiger partial charge is 0.515 e. The molecule has 7 rings (SSSR count). The van der Waals surface area contributed by atoms with Crippen molar-refractivity contribution in [2.75, 3.05) is 0 Å². The van der Waals surface area contributed by atoms with Crippen LogP contribution in [0.1, 0.15) is 82.7 Å². The van der Waals surface area contributed by atoms with Gasteiger partial charge < -0.3 is 24.7 Å². The van der Waals surface area contributed by atoms with E-state index in [1.807, 2.05) is 55.6 Å². The molecule has 8 heteroatoms. The molecule has 295 valence electrons. The van der Waals surface area contributed by atoms with Gasteiger partial charge in [-0.05, 0) is 87.4 Å². The molecule has 0 aliphatic carbocycles. The SMILES string of the molecule is CC(C)(C)Cc1ccc(-c2[c-]cccc2)nc1.Cc1cc(-c2c(C(C)C)cccc2C(C)C)cc(-c2[c-]c(Oc3[c-]c(-c4ncncn4)[c-]cc3)ccc2)n1.[Ir].[Pt+2]. The molecule has 7 aromatic rings. The Morgan fingerprint density at radius 3 is 2.00 bits per heavy atom. The Bertz CT molecular complexity index is 2300. The van der Waals surface area contributed by atoms with Crippen LogP contribution in [0.5, 0.6) is 11.5 Å². The summed E-state index contributed by atoms with van der Waals surface area (Å²) in [6.07, 6.45) is 5.92. The first-order chi connectivity index (χ1) is 26.4. The fourth-order valence-electron chi connectivity index (χ4n) is 6.41. The van der Waals surface area contributed by atoms with E-state index in [9.17, 15) is 0 Å². The van der Waals surface area contributed by atoms with Gasteiger partial charge in [-0.2, -0.15) is 6.07 Å². The van der Waals surface area contributed by atoms with Crippen molar-refractivity contribution in [2.24, 2.45) is 5.41 Å². The maximum Gasteiger partial charge on any atom is 2.00 e. The number of hydrogen-bond donors (Lipinski definition) is 0. The zero-order chi connectivity index (χ0) is 39.0. The third-order valence-corrected chi connectivity index (χ3v) is 8.85. The predicted molar refractivity (Wildman–Crippen MR) is 222 cm³/mol. The van der Waals surface area contributed by atoms with Gasteiger partial charge in [-0.15, -0.1) is 59.7 Å². The van der Waals surface area contributed by atoms with Gasteiger partial charge in [0.05, 0.1) is 12.7 Å². The molecule has 0 aliphatic heterocycles. The molecule has 0 unspecified atom stereocenters. The van der Waals surface area contributed by atoms with Gasteiger partial charge in [-0.25, -0.2) is 22.7 Å². The zero-order valence-electron chi connectivity index (χ0n) is 33.6. The third-order valence-electron chi connectivity index (χ3n) is 8.85. The number of nitrogens with zero attached hydrogens (tertiary/aromatic N) is 5. The quantitative estimate of drug-likeness (QED) is 0.134. The second-order valence-corrected chi connectivity index (χ2v) is 15.4. The molecular formula is C49H47IrN5OPt-2. The molecule has 3 heterocycles. The minimum absolute atomic E-state index is 0. The summed E-state index contributed by atoms with van der Waals surface area (Å²) >= 11 is 0. The number of aromatic nitrogens is 5. The van der Waals surface area contributed by atoms with E-state index in [0.717, 1.165) is 34.6 Å². The Hall–Kier alpha value is -4.67. The maximum absolute atomic E-state index is 6.12. The maximum atomic E-state index is 6.12. The van der Waals surface area contributed by atoms with Crippen molar-refractivity contribution in [2.45, 2.75) is 73.6 Å². The molecule has 0 atom stereocenters. The van der Waals surface area contributed by atoms with Crippen molar-refractivity contribution in [1.82, 2.24) is 24.9 Å². The molecule has 4 aromatic carbocycles. The van der Waals surface area contributed by atoms with Gasteiger partial charge in [-0.1, -0.05) is 90.9 Å². The van der Waals surface area contributed by atoms with E-state index in [2.05, 4.69) is 135 Å². The van der Waals surface area contributed by atoms with Crippen LogP contribution in [0.25, 0.3) is 45.0 Å². The van der Waals surface area contributed by atoms with Gasteiger partial charge in [0.1, 0.15) is 0 Å². The van der Waals surface area contributed by atoms with Gasteiger partial charge in [0.15, 0.2) is 0 Å². The van der Waals surface area contributed by atoms with Crippen molar-refractivity contribution in [3.63, 3.8) is 0 Å². The van der Waals surface area contributed by atoms with Crippen molar-refractivity contribution in [1.29, 1.82) is 0 Å². The van der Waals surface area contributed by atoms with Crippen LogP contribution in [0.4, 0.5) is 0 Å². The number of ether oxygens (including phenoxy) is 1. The largest absolute Gasteiger partial charge is 2.00 e. The second kappa shape index (κ2) is 20.7. The van der Waals surface area contributed by atoms with E-state index in [-0.39, 0.29) is 41.2 Å². The normalized spacial score (nSPS) is 10.9. The van der Waals surface area contributed by atoms with Crippen LogP contribution >= 0.6 is 0 Å². The molecule has 6 nitrogen and oxygen atoms in total. The summed E-state index contributed by atoms with van der Waals surface area (Å²) in [6.45, 7) is 17.8. The number of hydrogen-bond acceptors (Lipinski definition) is 6. The molecule has 0 bridgehead atoms. The fraction of sp³-hybridized carbons (Fsp3) is 0.245. The summed E-state index contributed by atoms with van der Waals surface area (Å²) in [5.74, 6) is 2.40. The van der Waals surface area contributed by atoms with E-state index < -0.39 is 0 Å². The summed E-state index contributed by atoms with van der Waals surface area (Å²) in [4.78, 5) is 21.6. The van der Waals surface area contributed by atoms with Gasteiger partial charge >= 0.3 is 21.1 Å². The Morgan fingerprint density at radius 2 is 1.37 bits per heavy atom. The van der Waals surface area contributed by atoms with Gasteiger partial charge in [0, 0.05) is 37.7 Å². The van der Waals surface area contributed by atoms with E-state index in [4.69, 9.17) is 9.72 Å². The Balaban J connectivity index is 0.000000319. The van der Waals surface area contributed by atoms with Gasteiger partial charge in [0.25, 0.3) is 0 Å². The molecule has 0 spiro atoms. The minimum Gasteiger partial charge on any atom is -0.515 e. The van der Waals surface area contributed by atoms with E-state index >= 15 is 0 Å². The average Bonchev–Trinajstić information content (AvgIpc) is 3.18. The van der Waals surface area contributed by atoms with Crippen LogP contribution in [0.15, 0.2) is 116 Å². The first-order valence-corrected chi connectivity index (χ1v) is 18.7. The molecule has 57 heavy (non-hydrogen) atoms. The van der Waals surface area contributed by atoms with Crippen LogP contribution in [0.2, 0.25) is 0 Å². The van der Waals surface area contributed by atoms with Crippen LogP contribution < -0.4 is 4.74 Å². The first kappa shape index (κ1) is 45.0. The van der Waals surface area contributed by atoms with Crippen molar-refractivity contribution in [3.05, 3.63) is 163 Å². The summed E-state index contributed by atoms with van der Waals surface area (Å²) < 4.78 is 6.12. The first-order valence-electron chi connectivity index (χ1n) is 18.7. The number of pyridine rings is 2. The molecule has 1 radical (unpaired) electrons. The fourth-order valence-corrected chi connectivity index (χ4v) is 6.41. The third kappa shape index (κ3) is 12.4. The van der Waals surface area contributed by atoms with Crippen molar-refractivity contribution >= 4 is 0 Å². The predicted octanol–water partition coefficient (Wildman–Crippen LogP) is 12.1. The zero-order valence-corrected chi connectivity index (χ0v) is 38.3. The molecular weight excluding hydrogens is 1060 g/mol. The Labute approximate surface area is 366 Å². The van der Waals surface area contributed by atoms with Crippen LogP contribution in [-0.2, 0) is 47.6 Å². The van der Waals surface area contributed by atoms with Crippen LogP contribution in [-0.4, -0.2) is 24.9 Å². The molecule has 0 aliphatic rings. The monoisotopic (exact) mass is 1110 g/mol. The minimum atomic E-state index is 0. The summed E-state index contributed by atoms with van der Waals surface area (Å²) in [5.41, 5.74) is 12.1. The van der Waals surface area contributed by atoms with Gasteiger partial charge in [0.2, 0.25) is 0 Å². The second-order valence-electron chi connectivity index (χ2n) is 15.4. The Kier molecular flexibility index (Phi) is 16.3. The standard InChI is InChI=1S/C33H29N4O.C16H18N.Ir.Pt/c1-21(2)29-13-8-14-30(22(3)4)32(29)26-15-23(5)37-31(18-26)24-9-6-11-27(16-24)38-28-12-7-10-25(17-28)33-35-19-34-20-36-33;1-16(2,3)11-13-9-10-15(17-12-13)14-7-5-4-6-8-14;;/h6-9,11-15,18-22H,1-5H3;4-7,9-10,12H,11H2,1-3H3;;/q-3;-1;;+2. The summed E-state index contributed by atoms with van der Waals surface area (Å²) in [6, 6.07) is 45.4. The van der Waals surface area contributed by atoms with Crippen LogP contribution in [0, 0.1) is 36.6 Å². The molecule has 0 saturated heterocycles. The molecule has 0 saturated carbocycles. The summed E-state index contributed by atoms with van der Waals surface area (Å²) in [5, 5.41) is 0. The van der Waals surface area contributed by atoms with E-state index in [1.54, 1.807) is 12.1 Å². The number of aryl methyl sites for hydroxylation is 1. The van der Waals surface area contributed by atoms with E-state index in [1.165, 1.54) is 40.5 Å². The number of rotatable bonds is 9. The molecule has 3 aromatic heterocycles. The summed E-state index contributed by atoms with van der Waals surface area (Å²) in [7, 11) is 0. The average molecular weight is 1110 g/mol. The Morgan fingerprint density at radius 1 is 0.684 bits per heavy atom. The van der Waals surface area contributed by atoms with E-state index in [0.29, 0.717) is 40.1 Å². The number of benzene rings is 4. The van der Waals surface area contributed by atoms with Crippen molar-refractivity contribution in [3.8, 4) is 56.5 Å². The molecule has 0 N–H and O–H groups in total. The molecule has 0 amide bonds. The van der Waals surface area contributed by atoms with Gasteiger partial charge in [-0.3, -0.25) is 6.07 Å².